The van der Waals surface area contributed by atoms with Gasteiger partial charge in [0.25, 0.3) is 0 Å². The normalized spacial score (nSPS) is 14.1. The third-order valence-corrected chi connectivity index (χ3v) is 5.13. The molecule has 2 N–H and O–H groups in total. The van der Waals surface area contributed by atoms with Gasteiger partial charge in [0.2, 0.25) is 0 Å². The molecule has 0 unspecified atom stereocenters. The summed E-state index contributed by atoms with van der Waals surface area (Å²) in [6.45, 7) is 2.52. The number of carbonyl (C=O) groups is 1. The maximum Gasteiger partial charge on any atom is 0.338 e. The Labute approximate surface area is 176 Å². The quantitative estimate of drug-likeness (QED) is 0.620. The number of benzene rings is 2. The summed E-state index contributed by atoms with van der Waals surface area (Å²) in [5.41, 5.74) is 1.39. The summed E-state index contributed by atoms with van der Waals surface area (Å²) in [5, 5.41) is 12.2. The molecular formula is C22H20F2N2O5. The maximum atomic E-state index is 13.4. The van der Waals surface area contributed by atoms with Gasteiger partial charge in [0.1, 0.15) is 23.7 Å². The van der Waals surface area contributed by atoms with E-state index in [4.69, 9.17) is 9.15 Å². The zero-order valence-corrected chi connectivity index (χ0v) is 16.5. The first-order valence-electron chi connectivity index (χ1n) is 9.77. The lowest BCUT2D eigenvalue weighted by Crippen LogP contribution is -2.37. The van der Waals surface area contributed by atoms with Crippen molar-refractivity contribution in [1.82, 2.24) is 0 Å². The van der Waals surface area contributed by atoms with Crippen LogP contribution in [-0.2, 0) is 11.2 Å². The number of aromatic carboxylic acids is 1. The fourth-order valence-electron chi connectivity index (χ4n) is 3.69. The van der Waals surface area contributed by atoms with Gasteiger partial charge in [0.05, 0.1) is 24.3 Å². The van der Waals surface area contributed by atoms with Crippen LogP contribution in [0.5, 0.6) is 0 Å². The molecule has 1 saturated heterocycles. The molecule has 31 heavy (non-hydrogen) atoms. The third-order valence-electron chi connectivity index (χ3n) is 5.13. The van der Waals surface area contributed by atoms with E-state index in [1.165, 1.54) is 24.3 Å². The second-order valence-corrected chi connectivity index (χ2v) is 7.19. The predicted molar refractivity (Wildman–Crippen MR) is 110 cm³/mol. The topological polar surface area (TPSA) is 92.0 Å². The molecule has 4 rings (SSSR count). The van der Waals surface area contributed by atoms with Crippen molar-refractivity contribution in [3.05, 3.63) is 69.6 Å². The zero-order valence-electron chi connectivity index (χ0n) is 16.5. The van der Waals surface area contributed by atoms with Gasteiger partial charge >= 0.3 is 5.97 Å². The lowest BCUT2D eigenvalue weighted by molar-refractivity contribution is 0.0694. The summed E-state index contributed by atoms with van der Waals surface area (Å²) in [5.74, 6) is -2.27. The van der Waals surface area contributed by atoms with E-state index in [9.17, 15) is 23.5 Å². The highest BCUT2D eigenvalue weighted by Gasteiger charge is 2.24. The summed E-state index contributed by atoms with van der Waals surface area (Å²) in [4.78, 5) is 26.0. The standard InChI is InChI=1S/C22H20F2N2O5/c23-14-8-15(24)10-16(9-14)25-2-1-17-19(26-3-5-30-6-4-26)11-20(27)18-7-13(22(28)29)12-31-21(17)18/h7-12,25H,1-6H2,(H,28,29). The Balaban J connectivity index is 1.70. The number of morpholine rings is 1. The number of fused-ring (bicyclic) bond motifs is 1. The van der Waals surface area contributed by atoms with Crippen molar-refractivity contribution in [2.45, 2.75) is 6.42 Å². The van der Waals surface area contributed by atoms with Gasteiger partial charge in [0, 0.05) is 48.7 Å². The van der Waals surface area contributed by atoms with Crippen LogP contribution in [0.4, 0.5) is 20.2 Å². The van der Waals surface area contributed by atoms with Crippen LogP contribution in [0.25, 0.3) is 11.3 Å². The Morgan fingerprint density at radius 1 is 1.10 bits per heavy atom. The second-order valence-electron chi connectivity index (χ2n) is 7.19. The summed E-state index contributed by atoms with van der Waals surface area (Å²) >= 11 is 0. The van der Waals surface area contributed by atoms with E-state index in [2.05, 4.69) is 5.32 Å². The molecule has 9 heteroatoms. The van der Waals surface area contributed by atoms with Gasteiger partial charge in [-0.3, -0.25) is 4.79 Å². The van der Waals surface area contributed by atoms with Crippen LogP contribution in [0.3, 0.4) is 0 Å². The number of nitrogens with zero attached hydrogens (tertiary/aromatic N) is 1. The van der Waals surface area contributed by atoms with Crippen LogP contribution in [0.1, 0.15) is 15.9 Å². The zero-order chi connectivity index (χ0) is 22.0. The first-order valence-corrected chi connectivity index (χ1v) is 9.77. The van der Waals surface area contributed by atoms with E-state index in [1.807, 2.05) is 4.90 Å². The molecule has 2 heterocycles. The SMILES string of the molecule is O=C(O)c1coc2c(CCNc3cc(F)cc(F)c3)c(N3CCOCC3)cc(=O)c-2c1. The Hall–Kier alpha value is -3.46. The molecule has 0 spiro atoms. The van der Waals surface area contributed by atoms with Crippen LogP contribution in [0.2, 0.25) is 0 Å². The van der Waals surface area contributed by atoms with Crippen LogP contribution in [0, 0.1) is 11.6 Å². The van der Waals surface area contributed by atoms with E-state index in [0.717, 1.165) is 12.3 Å². The van der Waals surface area contributed by atoms with Gasteiger partial charge in [-0.2, -0.15) is 0 Å². The molecule has 162 valence electrons. The van der Waals surface area contributed by atoms with Crippen molar-refractivity contribution >= 4 is 17.3 Å². The average Bonchev–Trinajstić information content (AvgIpc) is 2.74. The van der Waals surface area contributed by atoms with Gasteiger partial charge in [-0.1, -0.05) is 0 Å². The van der Waals surface area contributed by atoms with Gasteiger partial charge in [-0.25, -0.2) is 13.6 Å². The highest BCUT2D eigenvalue weighted by atomic mass is 19.1. The number of nitrogens with one attached hydrogen (secondary N) is 1. The highest BCUT2D eigenvalue weighted by Crippen LogP contribution is 2.32. The van der Waals surface area contributed by atoms with E-state index >= 15 is 0 Å². The predicted octanol–water partition coefficient (Wildman–Crippen LogP) is 3.21. The lowest BCUT2D eigenvalue weighted by atomic mass is 9.97. The van der Waals surface area contributed by atoms with E-state index < -0.39 is 17.6 Å². The van der Waals surface area contributed by atoms with Gasteiger partial charge in [-0.05, 0) is 24.6 Å². The van der Waals surface area contributed by atoms with Crippen molar-refractivity contribution in [2.75, 3.05) is 43.1 Å². The van der Waals surface area contributed by atoms with Gasteiger partial charge in [0.15, 0.2) is 5.43 Å². The molecule has 7 nitrogen and oxygen atoms in total. The Kier molecular flexibility index (Phi) is 5.85. The summed E-state index contributed by atoms with van der Waals surface area (Å²) in [7, 11) is 0. The Morgan fingerprint density at radius 3 is 2.48 bits per heavy atom. The van der Waals surface area contributed by atoms with Crippen LogP contribution < -0.4 is 15.6 Å². The minimum atomic E-state index is -1.20. The van der Waals surface area contributed by atoms with Gasteiger partial charge in [-0.15, -0.1) is 0 Å². The number of halogens is 2. The fourth-order valence-corrected chi connectivity index (χ4v) is 3.69. The Morgan fingerprint density at radius 2 is 1.81 bits per heavy atom. The third kappa shape index (κ3) is 4.51. The molecule has 0 bridgehead atoms. The minimum Gasteiger partial charge on any atom is -0.478 e. The molecule has 3 aliphatic rings. The van der Waals surface area contributed by atoms with Crippen molar-refractivity contribution < 1.29 is 27.8 Å². The van der Waals surface area contributed by atoms with Crippen molar-refractivity contribution in [1.29, 1.82) is 0 Å². The number of carboxylic acids is 1. The number of anilines is 2. The van der Waals surface area contributed by atoms with Crippen molar-refractivity contribution in [3.63, 3.8) is 0 Å². The molecule has 0 amide bonds. The molecule has 1 aromatic rings. The number of hydrogen-bond acceptors (Lipinski definition) is 6. The molecule has 1 aromatic carbocycles. The molecule has 1 fully saturated rings. The molecule has 0 atom stereocenters. The van der Waals surface area contributed by atoms with Crippen LogP contribution in [-0.4, -0.2) is 43.9 Å². The summed E-state index contributed by atoms with van der Waals surface area (Å²) < 4.78 is 37.9. The summed E-state index contributed by atoms with van der Waals surface area (Å²) in [6, 6.07) is 5.95. The highest BCUT2D eigenvalue weighted by molar-refractivity contribution is 5.89. The molecule has 2 aliphatic heterocycles. The molecular weight excluding hydrogens is 410 g/mol. The molecule has 1 aliphatic carbocycles. The van der Waals surface area contributed by atoms with Crippen molar-refractivity contribution in [3.8, 4) is 11.3 Å². The monoisotopic (exact) mass is 430 g/mol. The smallest absolute Gasteiger partial charge is 0.338 e. The first-order chi connectivity index (χ1) is 14.9. The average molecular weight is 430 g/mol. The lowest BCUT2D eigenvalue weighted by Gasteiger charge is -2.31. The number of ether oxygens (including phenoxy) is 1. The molecule has 0 saturated carbocycles. The first kappa shape index (κ1) is 20.8. The molecule has 0 radical (unpaired) electrons. The number of rotatable bonds is 6. The largest absolute Gasteiger partial charge is 0.478 e. The Bertz CT molecular complexity index is 1120. The van der Waals surface area contributed by atoms with Gasteiger partial charge < -0.3 is 24.5 Å². The fraction of sp³-hybridized carbons (Fsp3) is 0.273. The summed E-state index contributed by atoms with van der Waals surface area (Å²) in [6.07, 6.45) is 1.48. The van der Waals surface area contributed by atoms with Crippen LogP contribution in [0.15, 0.2) is 45.8 Å². The maximum absolute atomic E-state index is 13.4. The van der Waals surface area contributed by atoms with Crippen molar-refractivity contribution in [2.24, 2.45) is 0 Å². The van der Waals surface area contributed by atoms with E-state index in [1.54, 1.807) is 0 Å². The van der Waals surface area contributed by atoms with E-state index in [-0.39, 0.29) is 16.6 Å². The van der Waals surface area contributed by atoms with E-state index in [0.29, 0.717) is 62.0 Å². The number of carboxylic acid groups (broad SMARTS) is 1. The van der Waals surface area contributed by atoms with Crippen LogP contribution >= 0.6 is 0 Å². The molecule has 0 aromatic heterocycles. The minimum absolute atomic E-state index is 0.122. The number of hydrogen-bond donors (Lipinski definition) is 2. The second kappa shape index (κ2) is 8.73.